The maximum atomic E-state index is 11.3. The van der Waals surface area contributed by atoms with Crippen LogP contribution < -0.4 is 0 Å². The third-order valence-corrected chi connectivity index (χ3v) is 3.03. The van der Waals surface area contributed by atoms with E-state index in [4.69, 9.17) is 0 Å². The summed E-state index contributed by atoms with van der Waals surface area (Å²) in [5, 5.41) is 0.694. The molecule has 0 spiro atoms. The van der Waals surface area contributed by atoms with Gasteiger partial charge in [-0.1, -0.05) is 24.8 Å². The van der Waals surface area contributed by atoms with Crippen molar-refractivity contribution >= 4 is 17.7 Å². The lowest BCUT2D eigenvalue weighted by Crippen LogP contribution is -2.17. The van der Waals surface area contributed by atoms with E-state index in [0.717, 1.165) is 11.4 Å². The quantitative estimate of drug-likeness (QED) is 0.565. The first-order chi connectivity index (χ1) is 6.77. The van der Waals surface area contributed by atoms with E-state index in [2.05, 4.69) is 9.72 Å². The summed E-state index contributed by atoms with van der Waals surface area (Å²) in [5.74, 6) is -0.192. The van der Waals surface area contributed by atoms with E-state index in [-0.39, 0.29) is 11.2 Å². The lowest BCUT2D eigenvalue weighted by Gasteiger charge is -2.10. The fraction of sp³-hybridized carbons (Fsp3) is 0.400. The monoisotopic (exact) mass is 211 g/mol. The highest BCUT2D eigenvalue weighted by Gasteiger charge is 2.18. The second-order valence-electron chi connectivity index (χ2n) is 2.71. The normalized spacial score (nSPS) is 12.1. The Morgan fingerprint density at radius 3 is 2.93 bits per heavy atom. The molecular weight excluding hydrogens is 198 g/mol. The third-order valence-electron chi connectivity index (χ3n) is 1.74. The molecule has 4 heteroatoms. The van der Waals surface area contributed by atoms with Crippen LogP contribution in [0, 0.1) is 0 Å². The predicted molar refractivity (Wildman–Crippen MR) is 56.2 cm³/mol. The van der Waals surface area contributed by atoms with Crippen LogP contribution in [0.3, 0.4) is 0 Å². The Morgan fingerprint density at radius 2 is 2.43 bits per heavy atom. The molecular formula is C10H13NO2S. The number of nitrogens with zero attached hydrogens (tertiary/aromatic N) is 1. The topological polar surface area (TPSA) is 39.2 Å². The number of pyridine rings is 1. The van der Waals surface area contributed by atoms with Gasteiger partial charge >= 0.3 is 5.97 Å². The maximum absolute atomic E-state index is 11.3. The first-order valence-electron chi connectivity index (χ1n) is 4.43. The zero-order chi connectivity index (χ0) is 10.4. The number of carbonyl (C=O) groups excluding carboxylic acids is 1. The van der Waals surface area contributed by atoms with E-state index >= 15 is 0 Å². The average molecular weight is 211 g/mol. The lowest BCUT2D eigenvalue weighted by atomic mass is 10.3. The number of aromatic nitrogens is 1. The molecule has 1 atom stereocenters. The summed E-state index contributed by atoms with van der Waals surface area (Å²) in [5.41, 5.74) is 0. The number of thioether (sulfide) groups is 1. The van der Waals surface area contributed by atoms with Gasteiger partial charge in [0.15, 0.2) is 0 Å². The highest BCUT2D eigenvalue weighted by atomic mass is 32.2. The zero-order valence-corrected chi connectivity index (χ0v) is 9.08. The van der Waals surface area contributed by atoms with Gasteiger partial charge in [-0.3, -0.25) is 4.79 Å². The van der Waals surface area contributed by atoms with Crippen LogP contribution in [0.5, 0.6) is 0 Å². The molecule has 1 rings (SSSR count). The molecule has 0 fully saturated rings. The van der Waals surface area contributed by atoms with Crippen molar-refractivity contribution in [3.63, 3.8) is 0 Å². The fourth-order valence-electron chi connectivity index (χ4n) is 0.992. The summed E-state index contributed by atoms with van der Waals surface area (Å²) in [6, 6.07) is 5.64. The smallest absolute Gasteiger partial charge is 0.319 e. The third kappa shape index (κ3) is 3.03. The van der Waals surface area contributed by atoms with Gasteiger partial charge in [0, 0.05) is 6.20 Å². The lowest BCUT2D eigenvalue weighted by molar-refractivity contribution is -0.140. The number of hydrogen-bond donors (Lipinski definition) is 0. The summed E-state index contributed by atoms with van der Waals surface area (Å²) < 4.78 is 4.69. The fourth-order valence-corrected chi connectivity index (χ4v) is 1.92. The Morgan fingerprint density at radius 1 is 1.64 bits per heavy atom. The second-order valence-corrected chi connectivity index (χ2v) is 3.93. The molecule has 0 radical (unpaired) electrons. The molecule has 76 valence electrons. The van der Waals surface area contributed by atoms with Gasteiger partial charge in [0.1, 0.15) is 5.25 Å². The highest BCUT2D eigenvalue weighted by molar-refractivity contribution is 8.00. The minimum Gasteiger partial charge on any atom is -0.468 e. The standard InChI is InChI=1S/C10H13NO2S/c1-3-8(10(12)13-2)14-9-6-4-5-7-11-9/h4-8H,3H2,1-2H3/t8-/m1/s1. The molecule has 0 aliphatic carbocycles. The largest absolute Gasteiger partial charge is 0.468 e. The number of ether oxygens (including phenoxy) is 1. The minimum absolute atomic E-state index is 0.158. The number of methoxy groups -OCH3 is 1. The summed E-state index contributed by atoms with van der Waals surface area (Å²) in [7, 11) is 1.41. The van der Waals surface area contributed by atoms with Crippen molar-refractivity contribution in [3.05, 3.63) is 24.4 Å². The average Bonchev–Trinajstić information content (AvgIpc) is 2.26. The van der Waals surface area contributed by atoms with Crippen molar-refractivity contribution < 1.29 is 9.53 Å². The molecule has 0 amide bonds. The van der Waals surface area contributed by atoms with Crippen molar-refractivity contribution in [1.29, 1.82) is 0 Å². The minimum atomic E-state index is -0.192. The summed E-state index contributed by atoms with van der Waals surface area (Å²) in [6.45, 7) is 1.96. The summed E-state index contributed by atoms with van der Waals surface area (Å²) >= 11 is 1.44. The van der Waals surface area contributed by atoms with Crippen LogP contribution in [0.2, 0.25) is 0 Å². The first-order valence-corrected chi connectivity index (χ1v) is 5.31. The van der Waals surface area contributed by atoms with Crippen molar-refractivity contribution in [2.75, 3.05) is 7.11 Å². The van der Waals surface area contributed by atoms with Crippen LogP contribution in [-0.2, 0) is 9.53 Å². The van der Waals surface area contributed by atoms with Crippen molar-refractivity contribution in [3.8, 4) is 0 Å². The Balaban J connectivity index is 2.62. The van der Waals surface area contributed by atoms with E-state index in [0.29, 0.717) is 0 Å². The first kappa shape index (κ1) is 11.0. The molecule has 0 N–H and O–H groups in total. The molecule has 0 saturated carbocycles. The maximum Gasteiger partial charge on any atom is 0.319 e. The highest BCUT2D eigenvalue weighted by Crippen LogP contribution is 2.23. The van der Waals surface area contributed by atoms with Crippen LogP contribution in [0.15, 0.2) is 29.4 Å². The number of esters is 1. The molecule has 0 aliphatic rings. The van der Waals surface area contributed by atoms with Crippen LogP contribution >= 0.6 is 11.8 Å². The van der Waals surface area contributed by atoms with E-state index in [9.17, 15) is 4.79 Å². The van der Waals surface area contributed by atoms with Crippen LogP contribution in [0.4, 0.5) is 0 Å². The molecule has 14 heavy (non-hydrogen) atoms. The SMILES string of the molecule is CC[C@@H](Sc1ccccn1)C(=O)OC. The van der Waals surface area contributed by atoms with E-state index in [1.165, 1.54) is 18.9 Å². The van der Waals surface area contributed by atoms with Gasteiger partial charge in [-0.15, -0.1) is 0 Å². The van der Waals surface area contributed by atoms with Crippen molar-refractivity contribution in [2.24, 2.45) is 0 Å². The molecule has 3 nitrogen and oxygen atoms in total. The molecule has 1 aromatic heterocycles. The Kier molecular flexibility index (Phi) is 4.46. The van der Waals surface area contributed by atoms with E-state index in [1.807, 2.05) is 25.1 Å². The Labute approximate surface area is 87.9 Å². The van der Waals surface area contributed by atoms with Gasteiger partial charge in [0.25, 0.3) is 0 Å². The summed E-state index contributed by atoms with van der Waals surface area (Å²) in [4.78, 5) is 15.4. The van der Waals surface area contributed by atoms with Gasteiger partial charge in [-0.25, -0.2) is 4.98 Å². The van der Waals surface area contributed by atoms with Gasteiger partial charge in [-0.2, -0.15) is 0 Å². The Hall–Kier alpha value is -1.03. The van der Waals surface area contributed by atoms with Gasteiger partial charge in [0.05, 0.1) is 12.1 Å². The Bertz CT molecular complexity index is 289. The van der Waals surface area contributed by atoms with Crippen LogP contribution in [0.1, 0.15) is 13.3 Å². The molecule has 0 aliphatic heterocycles. The van der Waals surface area contributed by atoms with Crippen molar-refractivity contribution in [2.45, 2.75) is 23.6 Å². The van der Waals surface area contributed by atoms with E-state index in [1.54, 1.807) is 6.20 Å². The molecule has 0 saturated heterocycles. The molecule has 1 aromatic rings. The zero-order valence-electron chi connectivity index (χ0n) is 8.27. The number of rotatable bonds is 4. The number of hydrogen-bond acceptors (Lipinski definition) is 4. The van der Waals surface area contributed by atoms with Gasteiger partial charge in [0.2, 0.25) is 0 Å². The molecule has 0 bridgehead atoms. The van der Waals surface area contributed by atoms with Gasteiger partial charge in [-0.05, 0) is 18.6 Å². The molecule has 0 unspecified atom stereocenters. The van der Waals surface area contributed by atoms with Crippen LogP contribution in [0.25, 0.3) is 0 Å². The molecule has 1 heterocycles. The van der Waals surface area contributed by atoms with Crippen molar-refractivity contribution in [1.82, 2.24) is 4.98 Å². The van der Waals surface area contributed by atoms with E-state index < -0.39 is 0 Å². The molecule has 0 aromatic carbocycles. The van der Waals surface area contributed by atoms with Crippen LogP contribution in [-0.4, -0.2) is 23.3 Å². The van der Waals surface area contributed by atoms with Gasteiger partial charge < -0.3 is 4.74 Å². The second kappa shape index (κ2) is 5.65. The predicted octanol–water partition coefficient (Wildman–Crippen LogP) is 2.13. The summed E-state index contributed by atoms with van der Waals surface area (Å²) in [6.07, 6.45) is 2.46. The number of carbonyl (C=O) groups is 1.